The van der Waals surface area contributed by atoms with E-state index in [1.54, 1.807) is 12.1 Å². The average Bonchev–Trinajstić information content (AvgIpc) is 2.54. The summed E-state index contributed by atoms with van der Waals surface area (Å²) in [5.41, 5.74) is 3.19. The van der Waals surface area contributed by atoms with E-state index in [1.165, 1.54) is 0 Å². The van der Waals surface area contributed by atoms with Gasteiger partial charge in [-0.3, -0.25) is 4.79 Å². The molecule has 0 aliphatic rings. The first-order valence-corrected chi connectivity index (χ1v) is 6.97. The molecule has 0 heterocycles. The third-order valence-corrected chi connectivity index (χ3v) is 3.23. The van der Waals surface area contributed by atoms with Gasteiger partial charge in [-0.1, -0.05) is 43.0 Å². The number of carbonyl (C=O) groups excluding carboxylic acids is 1. The van der Waals surface area contributed by atoms with E-state index in [0.29, 0.717) is 18.4 Å². The van der Waals surface area contributed by atoms with Crippen molar-refractivity contribution in [2.45, 2.75) is 12.8 Å². The summed E-state index contributed by atoms with van der Waals surface area (Å²) in [6.45, 7) is 4.18. The number of hydrogen-bond donors (Lipinski definition) is 2. The second-order valence-electron chi connectivity index (χ2n) is 4.80. The smallest absolute Gasteiger partial charge is 0.255 e. The van der Waals surface area contributed by atoms with Gasteiger partial charge in [0, 0.05) is 23.4 Å². The summed E-state index contributed by atoms with van der Waals surface area (Å²) in [7, 11) is 0. The number of anilines is 1. The van der Waals surface area contributed by atoms with Crippen molar-refractivity contribution in [2.75, 3.05) is 11.9 Å². The predicted octanol–water partition coefficient (Wildman–Crippen LogP) is 3.72. The van der Waals surface area contributed by atoms with Crippen molar-refractivity contribution in [3.63, 3.8) is 0 Å². The molecule has 21 heavy (non-hydrogen) atoms. The van der Waals surface area contributed by atoms with Crippen LogP contribution in [0.3, 0.4) is 0 Å². The normalized spacial score (nSPS) is 10.1. The van der Waals surface area contributed by atoms with Gasteiger partial charge in [-0.05, 0) is 36.6 Å². The van der Waals surface area contributed by atoms with Crippen LogP contribution in [0.1, 0.15) is 28.8 Å². The van der Waals surface area contributed by atoms with Crippen LogP contribution in [0, 0.1) is 0 Å². The van der Waals surface area contributed by atoms with Gasteiger partial charge >= 0.3 is 0 Å². The van der Waals surface area contributed by atoms with Gasteiger partial charge in [-0.25, -0.2) is 0 Å². The summed E-state index contributed by atoms with van der Waals surface area (Å²) < 4.78 is 0. The summed E-state index contributed by atoms with van der Waals surface area (Å²) in [5.74, 6) is -0.141. The molecule has 108 valence electrons. The third-order valence-electron chi connectivity index (χ3n) is 3.23. The van der Waals surface area contributed by atoms with E-state index in [4.69, 9.17) is 5.11 Å². The van der Waals surface area contributed by atoms with Gasteiger partial charge in [0.2, 0.25) is 0 Å². The van der Waals surface area contributed by atoms with Crippen molar-refractivity contribution in [3.05, 3.63) is 72.3 Å². The summed E-state index contributed by atoms with van der Waals surface area (Å²) in [6, 6.07) is 16.7. The second-order valence-corrected chi connectivity index (χ2v) is 4.80. The monoisotopic (exact) mass is 281 g/mol. The first kappa shape index (κ1) is 15.0. The number of aliphatic hydroxyl groups is 1. The molecule has 2 N–H and O–H groups in total. The number of nitrogens with one attached hydrogen (secondary N) is 1. The summed E-state index contributed by atoms with van der Waals surface area (Å²) in [5, 5.41) is 11.8. The van der Waals surface area contributed by atoms with E-state index in [9.17, 15) is 4.79 Å². The Bertz CT molecular complexity index is 620. The third kappa shape index (κ3) is 4.04. The standard InChI is InChI=1S/C18H19NO2/c1-14(8-7-13-20)16-11-5-6-12-17(16)19-18(21)15-9-3-2-4-10-15/h2-6,9-12,20H,1,7-8,13H2,(H,19,21). The number of para-hydroxylation sites is 1. The molecule has 2 rings (SSSR count). The number of benzene rings is 2. The second kappa shape index (κ2) is 7.41. The number of allylic oxidation sites excluding steroid dienone is 1. The molecular formula is C18H19NO2. The first-order valence-electron chi connectivity index (χ1n) is 6.97. The van der Waals surface area contributed by atoms with Crippen LogP contribution >= 0.6 is 0 Å². The summed E-state index contributed by atoms with van der Waals surface area (Å²) in [6.07, 6.45) is 1.37. The van der Waals surface area contributed by atoms with Crippen LogP contribution in [0.5, 0.6) is 0 Å². The maximum absolute atomic E-state index is 12.2. The van der Waals surface area contributed by atoms with E-state index in [2.05, 4.69) is 11.9 Å². The minimum absolute atomic E-state index is 0.136. The maximum Gasteiger partial charge on any atom is 0.255 e. The Balaban J connectivity index is 2.17. The van der Waals surface area contributed by atoms with Gasteiger partial charge in [-0.2, -0.15) is 0 Å². The molecule has 2 aromatic carbocycles. The highest BCUT2D eigenvalue weighted by molar-refractivity contribution is 6.05. The zero-order valence-corrected chi connectivity index (χ0v) is 11.9. The van der Waals surface area contributed by atoms with Gasteiger partial charge < -0.3 is 10.4 Å². The fourth-order valence-corrected chi connectivity index (χ4v) is 2.11. The average molecular weight is 281 g/mol. The molecule has 0 saturated carbocycles. The van der Waals surface area contributed by atoms with E-state index in [1.807, 2.05) is 42.5 Å². The number of aliphatic hydroxyl groups excluding tert-OH is 1. The Labute approximate surface area is 124 Å². The zero-order valence-electron chi connectivity index (χ0n) is 11.9. The molecule has 0 radical (unpaired) electrons. The summed E-state index contributed by atoms with van der Waals surface area (Å²) >= 11 is 0. The van der Waals surface area contributed by atoms with Gasteiger partial charge in [0.25, 0.3) is 5.91 Å². The lowest BCUT2D eigenvalue weighted by atomic mass is 10.0. The van der Waals surface area contributed by atoms with Crippen molar-refractivity contribution < 1.29 is 9.90 Å². The minimum Gasteiger partial charge on any atom is -0.396 e. The minimum atomic E-state index is -0.141. The van der Waals surface area contributed by atoms with Gasteiger partial charge in [0.15, 0.2) is 0 Å². The number of hydrogen-bond acceptors (Lipinski definition) is 2. The number of carbonyl (C=O) groups is 1. The highest BCUT2D eigenvalue weighted by Gasteiger charge is 2.10. The lowest BCUT2D eigenvalue weighted by molar-refractivity contribution is 0.102. The molecule has 0 aliphatic heterocycles. The zero-order chi connectivity index (χ0) is 15.1. The first-order chi connectivity index (χ1) is 10.2. The molecule has 0 atom stereocenters. The lowest BCUT2D eigenvalue weighted by Gasteiger charge is -2.13. The molecule has 0 spiro atoms. The molecule has 0 aliphatic carbocycles. The fourth-order valence-electron chi connectivity index (χ4n) is 2.11. The molecule has 1 amide bonds. The van der Waals surface area contributed by atoms with Crippen LogP contribution in [-0.4, -0.2) is 17.6 Å². The van der Waals surface area contributed by atoms with Gasteiger partial charge in [0.1, 0.15) is 0 Å². The quantitative estimate of drug-likeness (QED) is 0.847. The molecule has 2 aromatic rings. The van der Waals surface area contributed by atoms with Crippen LogP contribution in [0.25, 0.3) is 5.57 Å². The van der Waals surface area contributed by atoms with Gasteiger partial charge in [0.05, 0.1) is 0 Å². The maximum atomic E-state index is 12.2. The Morgan fingerprint density at radius 2 is 1.71 bits per heavy atom. The highest BCUT2D eigenvalue weighted by Crippen LogP contribution is 2.26. The fraction of sp³-hybridized carbons (Fsp3) is 0.167. The van der Waals surface area contributed by atoms with Crippen molar-refractivity contribution in [3.8, 4) is 0 Å². The Morgan fingerprint density at radius 1 is 1.05 bits per heavy atom. The van der Waals surface area contributed by atoms with E-state index < -0.39 is 0 Å². The molecule has 0 unspecified atom stereocenters. The van der Waals surface area contributed by atoms with Crippen LogP contribution in [0.4, 0.5) is 5.69 Å². The van der Waals surface area contributed by atoms with Crippen molar-refractivity contribution in [1.29, 1.82) is 0 Å². The van der Waals surface area contributed by atoms with E-state index in [0.717, 1.165) is 16.8 Å². The SMILES string of the molecule is C=C(CCCO)c1ccccc1NC(=O)c1ccccc1. The predicted molar refractivity (Wildman–Crippen MR) is 86.2 cm³/mol. The van der Waals surface area contributed by atoms with Gasteiger partial charge in [-0.15, -0.1) is 0 Å². The lowest BCUT2D eigenvalue weighted by Crippen LogP contribution is -2.13. The molecular weight excluding hydrogens is 262 g/mol. The Kier molecular flexibility index (Phi) is 5.29. The van der Waals surface area contributed by atoms with Crippen LogP contribution in [0.15, 0.2) is 61.2 Å². The molecule has 0 bridgehead atoms. The molecule has 0 aromatic heterocycles. The molecule has 3 heteroatoms. The topological polar surface area (TPSA) is 49.3 Å². The largest absolute Gasteiger partial charge is 0.396 e. The highest BCUT2D eigenvalue weighted by atomic mass is 16.2. The Morgan fingerprint density at radius 3 is 2.43 bits per heavy atom. The Hall–Kier alpha value is -2.39. The number of rotatable bonds is 6. The molecule has 0 saturated heterocycles. The van der Waals surface area contributed by atoms with Crippen LogP contribution in [0.2, 0.25) is 0 Å². The number of amides is 1. The van der Waals surface area contributed by atoms with Crippen molar-refractivity contribution >= 4 is 17.2 Å². The van der Waals surface area contributed by atoms with E-state index in [-0.39, 0.29) is 12.5 Å². The van der Waals surface area contributed by atoms with Crippen molar-refractivity contribution in [1.82, 2.24) is 0 Å². The summed E-state index contributed by atoms with van der Waals surface area (Å²) in [4.78, 5) is 12.2. The molecule has 3 nitrogen and oxygen atoms in total. The van der Waals surface area contributed by atoms with Crippen LogP contribution < -0.4 is 5.32 Å². The van der Waals surface area contributed by atoms with Crippen LogP contribution in [-0.2, 0) is 0 Å². The molecule has 0 fully saturated rings. The van der Waals surface area contributed by atoms with Crippen molar-refractivity contribution in [2.24, 2.45) is 0 Å². The van der Waals surface area contributed by atoms with E-state index >= 15 is 0 Å².